The maximum atomic E-state index is 11.6. The van der Waals surface area contributed by atoms with Gasteiger partial charge >= 0.3 is 5.97 Å². The number of hydrogen-bond donors (Lipinski definition) is 4. The molecule has 11 heteroatoms. The molecule has 0 aromatic carbocycles. The third-order valence-electron chi connectivity index (χ3n) is 4.77. The summed E-state index contributed by atoms with van der Waals surface area (Å²) in [5.74, 6) is 4.55. The van der Waals surface area contributed by atoms with Gasteiger partial charge in [0.1, 0.15) is 30.1 Å². The van der Waals surface area contributed by atoms with Crippen molar-refractivity contribution in [1.29, 1.82) is 0 Å². The molecular formula is C18H34N4O7. The molecule has 11 nitrogen and oxygen atoms in total. The molecule has 0 amide bonds. The van der Waals surface area contributed by atoms with Crippen molar-refractivity contribution in [2.75, 3.05) is 26.9 Å². The topological polar surface area (TPSA) is 165 Å². The maximum absolute atomic E-state index is 11.6. The van der Waals surface area contributed by atoms with Gasteiger partial charge in [-0.3, -0.25) is 0 Å². The molecule has 2 fully saturated rings. The van der Waals surface area contributed by atoms with Crippen LogP contribution in [-0.2, 0) is 28.5 Å². The van der Waals surface area contributed by atoms with Crippen LogP contribution >= 0.6 is 0 Å². The minimum Gasteiger partial charge on any atom is -0.464 e. The average Bonchev–Trinajstić information content (AvgIpc) is 3.14. The zero-order valence-electron chi connectivity index (χ0n) is 17.3. The third kappa shape index (κ3) is 6.25. The Kier molecular flexibility index (Phi) is 8.64. The number of rotatable bonds is 11. The number of carbonyl (C=O) groups excluding carboxylic acids is 1. The van der Waals surface area contributed by atoms with Crippen molar-refractivity contribution in [2.24, 2.45) is 17.3 Å². The van der Waals surface area contributed by atoms with Crippen LogP contribution in [0.25, 0.3) is 0 Å². The highest BCUT2D eigenvalue weighted by Crippen LogP contribution is 2.40. The van der Waals surface area contributed by atoms with E-state index in [0.29, 0.717) is 13.2 Å². The molecule has 29 heavy (non-hydrogen) atoms. The molecule has 0 saturated carbocycles. The first-order valence-corrected chi connectivity index (χ1v) is 9.75. The Morgan fingerprint density at radius 1 is 1.31 bits per heavy atom. The van der Waals surface area contributed by atoms with Gasteiger partial charge < -0.3 is 45.3 Å². The second-order valence-corrected chi connectivity index (χ2v) is 7.57. The van der Waals surface area contributed by atoms with Crippen molar-refractivity contribution >= 4 is 5.97 Å². The standard InChI is InChI=1S/C18H34N4O7/c1-18(2)28-15-13(22(21)9-11(20)16(24)25-3)14(27-17(15)29-18)12(23)10-26-8-6-4-5-7-19/h9,12-15,17,23H,4-8,10,19-21H2,1-3H3/b11-9-/t12-,13?,14?,15+,17?/m1/s1. The molecule has 0 spiro atoms. The van der Waals surface area contributed by atoms with Gasteiger partial charge in [0.05, 0.1) is 13.7 Å². The monoisotopic (exact) mass is 418 g/mol. The Bertz CT molecular complexity index is 574. The van der Waals surface area contributed by atoms with E-state index in [2.05, 4.69) is 4.74 Å². The lowest BCUT2D eigenvalue weighted by Gasteiger charge is -2.33. The van der Waals surface area contributed by atoms with E-state index in [9.17, 15) is 9.90 Å². The second-order valence-electron chi connectivity index (χ2n) is 7.57. The number of unbranched alkanes of at least 4 members (excludes halogenated alkanes) is 2. The van der Waals surface area contributed by atoms with Crippen molar-refractivity contribution in [3.63, 3.8) is 0 Å². The van der Waals surface area contributed by atoms with Crippen LogP contribution in [0, 0.1) is 0 Å². The molecule has 0 aromatic rings. The molecular weight excluding hydrogens is 384 g/mol. The summed E-state index contributed by atoms with van der Waals surface area (Å²) < 4.78 is 27.7. The van der Waals surface area contributed by atoms with Gasteiger partial charge in [-0.05, 0) is 39.7 Å². The lowest BCUT2D eigenvalue weighted by Crippen LogP contribution is -2.54. The summed E-state index contributed by atoms with van der Waals surface area (Å²) in [5, 5.41) is 11.8. The van der Waals surface area contributed by atoms with Crippen LogP contribution in [0.5, 0.6) is 0 Å². The van der Waals surface area contributed by atoms with Gasteiger partial charge in [-0.1, -0.05) is 0 Å². The number of ether oxygens (including phenoxy) is 5. The molecule has 168 valence electrons. The molecule has 0 aromatic heterocycles. The van der Waals surface area contributed by atoms with Gasteiger partial charge in [0.15, 0.2) is 12.1 Å². The van der Waals surface area contributed by atoms with Gasteiger partial charge in [-0.15, -0.1) is 0 Å². The Morgan fingerprint density at radius 3 is 2.69 bits per heavy atom. The molecule has 2 aliphatic rings. The lowest BCUT2D eigenvalue weighted by molar-refractivity contribution is -0.223. The number of nitrogens with two attached hydrogens (primary N) is 3. The number of nitrogens with zero attached hydrogens (tertiary/aromatic N) is 1. The largest absolute Gasteiger partial charge is 0.464 e. The molecule has 7 N–H and O–H groups in total. The van der Waals surface area contributed by atoms with Gasteiger partial charge in [-0.2, -0.15) is 0 Å². The molecule has 0 aliphatic carbocycles. The maximum Gasteiger partial charge on any atom is 0.355 e. The van der Waals surface area contributed by atoms with Crippen molar-refractivity contribution in [2.45, 2.75) is 69.5 Å². The van der Waals surface area contributed by atoms with E-state index in [1.54, 1.807) is 13.8 Å². The van der Waals surface area contributed by atoms with Crippen molar-refractivity contribution in [1.82, 2.24) is 5.01 Å². The van der Waals surface area contributed by atoms with Gasteiger partial charge in [0.2, 0.25) is 0 Å². The number of aliphatic hydroxyl groups excluding tert-OH is 1. The zero-order valence-corrected chi connectivity index (χ0v) is 17.3. The highest BCUT2D eigenvalue weighted by Gasteiger charge is 2.57. The van der Waals surface area contributed by atoms with E-state index < -0.39 is 42.4 Å². The first-order valence-electron chi connectivity index (χ1n) is 9.75. The highest BCUT2D eigenvalue weighted by atomic mass is 16.8. The molecule has 3 unspecified atom stereocenters. The number of methoxy groups -OCH3 is 1. The summed E-state index contributed by atoms with van der Waals surface area (Å²) in [6, 6.07) is -0.666. The van der Waals surface area contributed by atoms with Gasteiger partial charge in [0.25, 0.3) is 0 Å². The third-order valence-corrected chi connectivity index (χ3v) is 4.77. The van der Waals surface area contributed by atoms with Gasteiger partial charge in [0, 0.05) is 12.8 Å². The van der Waals surface area contributed by atoms with Crippen LogP contribution in [-0.4, -0.2) is 79.4 Å². The summed E-state index contributed by atoms with van der Waals surface area (Å²) in [4.78, 5) is 11.6. The van der Waals surface area contributed by atoms with E-state index in [1.165, 1.54) is 18.3 Å². The second kappa shape index (κ2) is 10.5. The molecule has 2 heterocycles. The molecule has 2 saturated heterocycles. The minimum absolute atomic E-state index is 0.0522. The van der Waals surface area contributed by atoms with Crippen molar-refractivity contribution < 1.29 is 33.6 Å². The van der Waals surface area contributed by atoms with Crippen molar-refractivity contribution in [3.8, 4) is 0 Å². The normalized spacial score (nSPS) is 29.5. The molecule has 0 bridgehead atoms. The molecule has 0 radical (unpaired) electrons. The summed E-state index contributed by atoms with van der Waals surface area (Å²) in [6.45, 7) is 4.70. The van der Waals surface area contributed by atoms with E-state index in [1.807, 2.05) is 0 Å². The van der Waals surface area contributed by atoms with Crippen molar-refractivity contribution in [3.05, 3.63) is 11.9 Å². The van der Waals surface area contributed by atoms with Crippen LogP contribution in [0.15, 0.2) is 11.9 Å². The number of carbonyl (C=O) groups is 1. The Labute approximate surface area is 171 Å². The number of hydrogen-bond acceptors (Lipinski definition) is 11. The molecule has 2 aliphatic heterocycles. The van der Waals surface area contributed by atoms with Crippen LogP contribution < -0.4 is 17.3 Å². The molecule has 5 atom stereocenters. The molecule has 2 rings (SSSR count). The predicted octanol–water partition coefficient (Wildman–Crippen LogP) is -1.11. The van der Waals surface area contributed by atoms with Gasteiger partial charge in [-0.25, -0.2) is 10.6 Å². The first kappa shape index (κ1) is 23.8. The zero-order chi connectivity index (χ0) is 21.6. The van der Waals surface area contributed by atoms with E-state index in [0.717, 1.165) is 19.3 Å². The number of hydrazine groups is 1. The fourth-order valence-electron chi connectivity index (χ4n) is 3.42. The van der Waals surface area contributed by atoms with Crippen LogP contribution in [0.3, 0.4) is 0 Å². The fourth-order valence-corrected chi connectivity index (χ4v) is 3.42. The number of fused-ring (bicyclic) bond motifs is 1. The van der Waals surface area contributed by atoms with Crippen LogP contribution in [0.2, 0.25) is 0 Å². The Hall–Kier alpha value is -1.47. The van der Waals surface area contributed by atoms with E-state index >= 15 is 0 Å². The SMILES string of the molecule is COC(=O)/C(N)=C/N(N)C1C([C@H](O)COCCCCCN)OC2OC(C)(C)O[C@H]21. The number of esters is 1. The minimum atomic E-state index is -0.991. The summed E-state index contributed by atoms with van der Waals surface area (Å²) in [6.07, 6.45) is 0.884. The summed E-state index contributed by atoms with van der Waals surface area (Å²) >= 11 is 0. The smallest absolute Gasteiger partial charge is 0.355 e. The average molecular weight is 418 g/mol. The highest BCUT2D eigenvalue weighted by molar-refractivity contribution is 5.87. The summed E-state index contributed by atoms with van der Waals surface area (Å²) in [7, 11) is 1.21. The van der Waals surface area contributed by atoms with Crippen LogP contribution in [0.1, 0.15) is 33.1 Å². The first-order chi connectivity index (χ1) is 13.7. The quantitative estimate of drug-likeness (QED) is 0.106. The van der Waals surface area contributed by atoms with Crippen LogP contribution in [0.4, 0.5) is 0 Å². The Balaban J connectivity index is 2.04. The Morgan fingerprint density at radius 2 is 2.03 bits per heavy atom. The predicted molar refractivity (Wildman–Crippen MR) is 103 cm³/mol. The lowest BCUT2D eigenvalue weighted by atomic mass is 10.0. The van der Waals surface area contributed by atoms with E-state index in [4.69, 9.17) is 36.3 Å². The number of aliphatic hydroxyl groups is 1. The fraction of sp³-hybridized carbons (Fsp3) is 0.833. The van der Waals surface area contributed by atoms with E-state index in [-0.39, 0.29) is 12.3 Å². The summed E-state index contributed by atoms with van der Waals surface area (Å²) in [5.41, 5.74) is 11.0.